The van der Waals surface area contributed by atoms with Crippen molar-refractivity contribution >= 4 is 0 Å². The van der Waals surface area contributed by atoms with Gasteiger partial charge in [-0.05, 0) is 25.2 Å². The van der Waals surface area contributed by atoms with Crippen molar-refractivity contribution in [1.82, 2.24) is 0 Å². The molecular weight excluding hydrogens is 228 g/mol. The van der Waals surface area contributed by atoms with E-state index in [2.05, 4.69) is 20.8 Å². The second kappa shape index (κ2) is 8.89. The maximum absolute atomic E-state index is 9.93. The number of rotatable bonds is 10. The van der Waals surface area contributed by atoms with Crippen LogP contribution in [0.15, 0.2) is 0 Å². The quantitative estimate of drug-likeness (QED) is 0.566. The predicted octanol–water partition coefficient (Wildman–Crippen LogP) is 2.72. The van der Waals surface area contributed by atoms with Crippen molar-refractivity contribution in [2.45, 2.75) is 77.9 Å². The Hall–Kier alpha value is -0.120. The summed E-state index contributed by atoms with van der Waals surface area (Å²) in [6.45, 7) is 7.96. The Bertz CT molecular complexity index is 202. The van der Waals surface area contributed by atoms with E-state index in [1.165, 1.54) is 19.3 Å². The summed E-state index contributed by atoms with van der Waals surface area (Å²) in [6.07, 6.45) is 5.28. The summed E-state index contributed by atoms with van der Waals surface area (Å²) in [6, 6.07) is 0. The Morgan fingerprint density at radius 3 is 2.06 bits per heavy atom. The lowest BCUT2D eigenvalue weighted by Crippen LogP contribution is -2.41. The number of hydrogen-bond acceptors (Lipinski definition) is 3. The van der Waals surface area contributed by atoms with Crippen LogP contribution >= 0.6 is 0 Å². The van der Waals surface area contributed by atoms with Crippen LogP contribution in [0.5, 0.6) is 0 Å². The second-order valence-electron chi connectivity index (χ2n) is 6.38. The molecule has 0 aliphatic heterocycles. The van der Waals surface area contributed by atoms with E-state index in [9.17, 15) is 10.2 Å². The summed E-state index contributed by atoms with van der Waals surface area (Å²) in [5, 5.41) is 28.2. The Morgan fingerprint density at radius 2 is 1.56 bits per heavy atom. The van der Waals surface area contributed by atoms with Crippen LogP contribution in [0.2, 0.25) is 0 Å². The molecule has 0 aromatic carbocycles. The third kappa shape index (κ3) is 8.06. The average Bonchev–Trinajstić information content (AvgIpc) is 2.27. The van der Waals surface area contributed by atoms with Crippen molar-refractivity contribution in [2.24, 2.45) is 11.8 Å². The van der Waals surface area contributed by atoms with E-state index in [0.717, 1.165) is 18.8 Å². The predicted molar refractivity (Wildman–Crippen MR) is 75.4 cm³/mol. The molecule has 110 valence electrons. The highest BCUT2D eigenvalue weighted by Crippen LogP contribution is 2.22. The van der Waals surface area contributed by atoms with Crippen LogP contribution in [0.1, 0.15) is 66.2 Å². The van der Waals surface area contributed by atoms with Gasteiger partial charge >= 0.3 is 0 Å². The highest BCUT2D eigenvalue weighted by atomic mass is 16.4. The van der Waals surface area contributed by atoms with Crippen molar-refractivity contribution in [3.63, 3.8) is 0 Å². The standard InChI is InChI=1S/C15H32O3/c1-12(2)7-5-8-13(3)9-6-10-15(4,18)14(17)11-16/h12-14,16-18H,5-11H2,1-4H3. The van der Waals surface area contributed by atoms with Crippen molar-refractivity contribution in [2.75, 3.05) is 6.61 Å². The molecule has 0 saturated heterocycles. The van der Waals surface area contributed by atoms with Gasteiger partial charge in [0.05, 0.1) is 12.2 Å². The molecule has 3 unspecified atom stereocenters. The monoisotopic (exact) mass is 260 g/mol. The Labute approximate surface area is 112 Å². The molecule has 0 rings (SSSR count). The highest BCUT2D eigenvalue weighted by molar-refractivity contribution is 4.81. The number of aliphatic hydroxyl groups excluding tert-OH is 2. The summed E-state index contributed by atoms with van der Waals surface area (Å²) < 4.78 is 0. The maximum Gasteiger partial charge on any atom is 0.105 e. The van der Waals surface area contributed by atoms with Crippen molar-refractivity contribution in [3.05, 3.63) is 0 Å². The molecule has 0 radical (unpaired) electrons. The molecular formula is C15H32O3. The van der Waals surface area contributed by atoms with E-state index in [1.54, 1.807) is 6.92 Å². The van der Waals surface area contributed by atoms with Crippen molar-refractivity contribution < 1.29 is 15.3 Å². The van der Waals surface area contributed by atoms with Gasteiger partial charge in [0.1, 0.15) is 6.10 Å². The van der Waals surface area contributed by atoms with Gasteiger partial charge in [0.15, 0.2) is 0 Å². The smallest absolute Gasteiger partial charge is 0.105 e. The Balaban J connectivity index is 3.70. The SMILES string of the molecule is CC(C)CCCC(C)CCCC(C)(O)C(O)CO. The van der Waals surface area contributed by atoms with Crippen LogP contribution < -0.4 is 0 Å². The van der Waals surface area contributed by atoms with E-state index in [-0.39, 0.29) is 6.61 Å². The first-order valence-electron chi connectivity index (χ1n) is 7.31. The lowest BCUT2D eigenvalue weighted by atomic mass is 9.89. The fourth-order valence-corrected chi connectivity index (χ4v) is 2.19. The highest BCUT2D eigenvalue weighted by Gasteiger charge is 2.29. The second-order valence-corrected chi connectivity index (χ2v) is 6.38. The minimum atomic E-state index is -1.16. The number of aliphatic hydroxyl groups is 3. The summed E-state index contributed by atoms with van der Waals surface area (Å²) in [4.78, 5) is 0. The van der Waals surface area contributed by atoms with E-state index >= 15 is 0 Å². The van der Waals surface area contributed by atoms with Gasteiger partial charge in [0.2, 0.25) is 0 Å². The molecule has 3 nitrogen and oxygen atoms in total. The first kappa shape index (κ1) is 17.9. The van der Waals surface area contributed by atoms with Crippen molar-refractivity contribution in [1.29, 1.82) is 0 Å². The van der Waals surface area contributed by atoms with Gasteiger partial charge in [-0.25, -0.2) is 0 Å². The Kier molecular flexibility index (Phi) is 8.83. The van der Waals surface area contributed by atoms with Gasteiger partial charge in [0, 0.05) is 0 Å². The normalized spacial score (nSPS) is 18.7. The minimum Gasteiger partial charge on any atom is -0.394 e. The van der Waals surface area contributed by atoms with Crippen LogP contribution in [0, 0.1) is 11.8 Å². The zero-order valence-electron chi connectivity index (χ0n) is 12.5. The molecule has 0 saturated carbocycles. The molecule has 3 N–H and O–H groups in total. The van der Waals surface area contributed by atoms with Gasteiger partial charge in [-0.15, -0.1) is 0 Å². The lowest BCUT2D eigenvalue weighted by molar-refractivity contribution is -0.0886. The maximum atomic E-state index is 9.93. The first-order chi connectivity index (χ1) is 8.29. The fraction of sp³-hybridized carbons (Fsp3) is 1.00. The van der Waals surface area contributed by atoms with Gasteiger partial charge < -0.3 is 15.3 Å². The molecule has 0 aliphatic carbocycles. The topological polar surface area (TPSA) is 60.7 Å². The molecule has 3 atom stereocenters. The molecule has 0 aliphatic rings. The first-order valence-corrected chi connectivity index (χ1v) is 7.31. The molecule has 0 spiro atoms. The van der Waals surface area contributed by atoms with Gasteiger partial charge in [0.25, 0.3) is 0 Å². The summed E-state index contributed by atoms with van der Waals surface area (Å²) in [5.41, 5.74) is -1.16. The fourth-order valence-electron chi connectivity index (χ4n) is 2.19. The van der Waals surface area contributed by atoms with Crippen LogP contribution in [-0.4, -0.2) is 33.6 Å². The number of hydrogen-bond donors (Lipinski definition) is 3. The van der Waals surface area contributed by atoms with Crippen LogP contribution in [-0.2, 0) is 0 Å². The molecule has 0 fully saturated rings. The molecule has 3 heteroatoms. The largest absolute Gasteiger partial charge is 0.394 e. The van der Waals surface area contributed by atoms with E-state index in [4.69, 9.17) is 5.11 Å². The van der Waals surface area contributed by atoms with Crippen LogP contribution in [0.4, 0.5) is 0 Å². The minimum absolute atomic E-state index is 0.378. The van der Waals surface area contributed by atoms with Gasteiger partial charge in [-0.1, -0.05) is 52.9 Å². The van der Waals surface area contributed by atoms with E-state index < -0.39 is 11.7 Å². The zero-order chi connectivity index (χ0) is 14.2. The molecule has 0 bridgehead atoms. The average molecular weight is 260 g/mol. The van der Waals surface area contributed by atoms with E-state index in [1.807, 2.05) is 0 Å². The van der Waals surface area contributed by atoms with Gasteiger partial charge in [-0.3, -0.25) is 0 Å². The van der Waals surface area contributed by atoms with Crippen molar-refractivity contribution in [3.8, 4) is 0 Å². The van der Waals surface area contributed by atoms with E-state index in [0.29, 0.717) is 12.3 Å². The third-order valence-electron chi connectivity index (χ3n) is 3.75. The molecule has 0 amide bonds. The van der Waals surface area contributed by atoms with Gasteiger partial charge in [-0.2, -0.15) is 0 Å². The van der Waals surface area contributed by atoms with Crippen LogP contribution in [0.25, 0.3) is 0 Å². The summed E-state index contributed by atoms with van der Waals surface area (Å²) in [7, 11) is 0. The van der Waals surface area contributed by atoms with Crippen LogP contribution in [0.3, 0.4) is 0 Å². The molecule has 0 heterocycles. The molecule has 0 aromatic rings. The summed E-state index contributed by atoms with van der Waals surface area (Å²) >= 11 is 0. The zero-order valence-corrected chi connectivity index (χ0v) is 12.5. The summed E-state index contributed by atoms with van der Waals surface area (Å²) in [5.74, 6) is 1.45. The molecule has 0 aromatic heterocycles. The third-order valence-corrected chi connectivity index (χ3v) is 3.75. The Morgan fingerprint density at radius 1 is 1.00 bits per heavy atom. The lowest BCUT2D eigenvalue weighted by Gasteiger charge is -2.28. The molecule has 18 heavy (non-hydrogen) atoms.